The Balaban J connectivity index is 0.00000364. The predicted molar refractivity (Wildman–Crippen MR) is 122 cm³/mol. The molecule has 1 fully saturated rings. The van der Waals surface area contributed by atoms with E-state index in [1.54, 1.807) is 0 Å². The zero-order valence-electron chi connectivity index (χ0n) is 16.0. The number of nitrogens with one attached hydrogen (secondary N) is 2. The number of rotatable bonds is 10. The molecule has 0 aromatic heterocycles. The van der Waals surface area contributed by atoms with Crippen LogP contribution in [0, 0.1) is 5.41 Å². The van der Waals surface area contributed by atoms with Gasteiger partial charge < -0.3 is 20.5 Å². The van der Waals surface area contributed by atoms with Crippen LogP contribution in [0.3, 0.4) is 0 Å². The minimum absolute atomic E-state index is 0. The highest BCUT2D eigenvalue weighted by Crippen LogP contribution is 2.32. The van der Waals surface area contributed by atoms with E-state index in [1.165, 1.54) is 0 Å². The van der Waals surface area contributed by atoms with Crippen LogP contribution < -0.4 is 10.6 Å². The van der Waals surface area contributed by atoms with Crippen LogP contribution in [0.2, 0.25) is 0 Å². The van der Waals surface area contributed by atoms with Crippen molar-refractivity contribution >= 4 is 40.7 Å². The van der Waals surface area contributed by atoms with Gasteiger partial charge in [-0.1, -0.05) is 30.3 Å². The van der Waals surface area contributed by atoms with E-state index in [1.807, 2.05) is 37.3 Å². The Labute approximate surface area is 182 Å². The molecule has 6 nitrogen and oxygen atoms in total. The van der Waals surface area contributed by atoms with E-state index in [0.29, 0.717) is 37.6 Å². The average Bonchev–Trinajstić information content (AvgIpc) is 3.10. The fourth-order valence-electron chi connectivity index (χ4n) is 2.99. The first-order valence-corrected chi connectivity index (χ1v) is 10.8. The van der Waals surface area contributed by atoms with Gasteiger partial charge in [0.1, 0.15) is 0 Å². The standard InChI is InChI=1S/C19H31N3O3S.HI/c1-2-20-18(22-15-19(8-11-23)9-12-25-16-19)21-10-13-26(24)14-17-6-4-3-5-7-17;/h3-7,23H,2,8-16H2,1H3,(H2,20,21,22);1H. The lowest BCUT2D eigenvalue weighted by molar-refractivity contribution is 0.131. The van der Waals surface area contributed by atoms with Crippen LogP contribution in [-0.2, 0) is 21.3 Å². The molecular weight excluding hydrogens is 477 g/mol. The first-order chi connectivity index (χ1) is 12.7. The lowest BCUT2D eigenvalue weighted by atomic mass is 9.84. The second kappa shape index (κ2) is 13.5. The molecule has 1 aromatic rings. The number of hydrogen-bond donors (Lipinski definition) is 3. The predicted octanol–water partition coefficient (Wildman–Crippen LogP) is 1.90. The molecular formula is C19H32IN3O3S. The third kappa shape index (κ3) is 8.89. The van der Waals surface area contributed by atoms with E-state index >= 15 is 0 Å². The quantitative estimate of drug-likeness (QED) is 0.255. The number of aliphatic hydroxyl groups excluding tert-OH is 1. The highest BCUT2D eigenvalue weighted by Gasteiger charge is 2.34. The summed E-state index contributed by atoms with van der Waals surface area (Å²) in [5, 5.41) is 15.8. The normalized spacial score (nSPS) is 20.7. The molecule has 0 spiro atoms. The van der Waals surface area contributed by atoms with Crippen molar-refractivity contribution in [1.29, 1.82) is 0 Å². The van der Waals surface area contributed by atoms with E-state index < -0.39 is 10.8 Å². The minimum atomic E-state index is -0.907. The number of aliphatic hydroxyl groups is 1. The number of ether oxygens (including phenoxy) is 1. The third-order valence-corrected chi connectivity index (χ3v) is 5.85. The smallest absolute Gasteiger partial charge is 0.191 e. The van der Waals surface area contributed by atoms with Crippen LogP contribution in [0.5, 0.6) is 0 Å². The van der Waals surface area contributed by atoms with Gasteiger partial charge in [-0.05, 0) is 25.3 Å². The summed E-state index contributed by atoms with van der Waals surface area (Å²) in [7, 11) is -0.907. The van der Waals surface area contributed by atoms with Crippen LogP contribution in [0.1, 0.15) is 25.3 Å². The van der Waals surface area contributed by atoms with Gasteiger partial charge in [0.25, 0.3) is 0 Å². The summed E-state index contributed by atoms with van der Waals surface area (Å²) in [6, 6.07) is 9.90. The van der Waals surface area contributed by atoms with Crippen molar-refractivity contribution in [2.24, 2.45) is 10.4 Å². The average molecular weight is 509 g/mol. The van der Waals surface area contributed by atoms with E-state index in [-0.39, 0.29) is 36.0 Å². The Morgan fingerprint density at radius 3 is 2.74 bits per heavy atom. The molecule has 0 radical (unpaired) electrons. The zero-order valence-corrected chi connectivity index (χ0v) is 19.1. The fourth-order valence-corrected chi connectivity index (χ4v) is 4.03. The SMILES string of the molecule is CCNC(=NCC1(CCO)CCOC1)NCCS(=O)Cc1ccccc1.I. The molecule has 8 heteroatoms. The summed E-state index contributed by atoms with van der Waals surface area (Å²) < 4.78 is 17.7. The second-order valence-electron chi connectivity index (χ2n) is 6.67. The van der Waals surface area contributed by atoms with Gasteiger partial charge in [0, 0.05) is 54.0 Å². The highest BCUT2D eigenvalue weighted by atomic mass is 127. The summed E-state index contributed by atoms with van der Waals surface area (Å²) >= 11 is 0. The van der Waals surface area contributed by atoms with Crippen LogP contribution >= 0.6 is 24.0 Å². The van der Waals surface area contributed by atoms with E-state index in [4.69, 9.17) is 4.74 Å². The Bertz CT molecular complexity index is 581. The van der Waals surface area contributed by atoms with Gasteiger partial charge in [0.05, 0.1) is 13.2 Å². The molecule has 2 atom stereocenters. The number of halogens is 1. The molecule has 0 bridgehead atoms. The largest absolute Gasteiger partial charge is 0.396 e. The number of nitrogens with zero attached hydrogens (tertiary/aromatic N) is 1. The molecule has 154 valence electrons. The number of aliphatic imine (C=N–C) groups is 1. The van der Waals surface area contributed by atoms with Gasteiger partial charge in [0.2, 0.25) is 0 Å². The topological polar surface area (TPSA) is 83.0 Å². The minimum Gasteiger partial charge on any atom is -0.396 e. The van der Waals surface area contributed by atoms with Crippen LogP contribution in [0.4, 0.5) is 0 Å². The molecule has 2 rings (SSSR count). The van der Waals surface area contributed by atoms with Crippen molar-refractivity contribution in [2.75, 3.05) is 45.2 Å². The summed E-state index contributed by atoms with van der Waals surface area (Å²) in [4.78, 5) is 4.67. The van der Waals surface area contributed by atoms with E-state index in [2.05, 4.69) is 15.6 Å². The molecule has 0 aliphatic carbocycles. The van der Waals surface area contributed by atoms with Crippen LogP contribution in [0.15, 0.2) is 35.3 Å². The summed E-state index contributed by atoms with van der Waals surface area (Å²) in [5.41, 5.74) is 1.03. The Morgan fingerprint density at radius 2 is 2.11 bits per heavy atom. The number of guanidine groups is 1. The number of benzene rings is 1. The van der Waals surface area contributed by atoms with Gasteiger partial charge in [-0.25, -0.2) is 0 Å². The maximum absolute atomic E-state index is 12.2. The Morgan fingerprint density at radius 1 is 1.33 bits per heavy atom. The van der Waals surface area contributed by atoms with Crippen molar-refractivity contribution in [1.82, 2.24) is 10.6 Å². The van der Waals surface area contributed by atoms with Crippen molar-refractivity contribution in [3.8, 4) is 0 Å². The molecule has 0 saturated carbocycles. The van der Waals surface area contributed by atoms with Crippen LogP contribution in [-0.4, -0.2) is 60.5 Å². The van der Waals surface area contributed by atoms with E-state index in [0.717, 1.165) is 31.1 Å². The van der Waals surface area contributed by atoms with Gasteiger partial charge in [-0.3, -0.25) is 9.20 Å². The Hall–Kier alpha value is -0.710. The van der Waals surface area contributed by atoms with Gasteiger partial charge in [0.15, 0.2) is 5.96 Å². The highest BCUT2D eigenvalue weighted by molar-refractivity contribution is 14.0. The van der Waals surface area contributed by atoms with Crippen LogP contribution in [0.25, 0.3) is 0 Å². The maximum atomic E-state index is 12.2. The lowest BCUT2D eigenvalue weighted by Crippen LogP contribution is -2.40. The van der Waals surface area contributed by atoms with E-state index in [9.17, 15) is 9.32 Å². The lowest BCUT2D eigenvalue weighted by Gasteiger charge is -2.24. The molecule has 2 unspecified atom stereocenters. The molecule has 1 aromatic carbocycles. The van der Waals surface area contributed by atoms with Crippen molar-refractivity contribution in [2.45, 2.75) is 25.5 Å². The van der Waals surface area contributed by atoms with Crippen molar-refractivity contribution in [3.05, 3.63) is 35.9 Å². The Kier molecular flexibility index (Phi) is 12.1. The molecule has 1 saturated heterocycles. The molecule has 1 aliphatic rings. The van der Waals surface area contributed by atoms with Gasteiger partial charge >= 0.3 is 0 Å². The molecule has 1 aliphatic heterocycles. The first-order valence-electron chi connectivity index (χ1n) is 9.27. The van der Waals surface area contributed by atoms with Gasteiger partial charge in [-0.15, -0.1) is 24.0 Å². The van der Waals surface area contributed by atoms with Crippen molar-refractivity contribution < 1.29 is 14.1 Å². The maximum Gasteiger partial charge on any atom is 0.191 e. The monoisotopic (exact) mass is 509 g/mol. The molecule has 1 heterocycles. The molecule has 27 heavy (non-hydrogen) atoms. The summed E-state index contributed by atoms with van der Waals surface area (Å²) in [5.74, 6) is 1.88. The number of hydrogen-bond acceptors (Lipinski definition) is 4. The molecule has 0 amide bonds. The summed E-state index contributed by atoms with van der Waals surface area (Å²) in [6.07, 6.45) is 1.63. The second-order valence-corrected chi connectivity index (χ2v) is 8.25. The van der Waals surface area contributed by atoms with Gasteiger partial charge in [-0.2, -0.15) is 0 Å². The zero-order chi connectivity index (χ0) is 18.7. The van der Waals surface area contributed by atoms with Crippen molar-refractivity contribution in [3.63, 3.8) is 0 Å². The third-order valence-electron chi connectivity index (χ3n) is 4.54. The molecule has 3 N–H and O–H groups in total. The first kappa shape index (κ1) is 24.3. The summed E-state index contributed by atoms with van der Waals surface area (Å²) in [6.45, 7) is 5.55. The fraction of sp³-hybridized carbons (Fsp3) is 0.632.